The summed E-state index contributed by atoms with van der Waals surface area (Å²) in [5.41, 5.74) is -0.145. The van der Waals surface area contributed by atoms with E-state index in [0.29, 0.717) is 6.54 Å². The van der Waals surface area contributed by atoms with Crippen molar-refractivity contribution in [2.75, 3.05) is 23.4 Å². The first-order chi connectivity index (χ1) is 9.95. The van der Waals surface area contributed by atoms with Gasteiger partial charge in [0, 0.05) is 23.1 Å². The van der Waals surface area contributed by atoms with Crippen LogP contribution >= 0.6 is 35.0 Å². The summed E-state index contributed by atoms with van der Waals surface area (Å²) in [6.45, 7) is 4.03. The number of hydrogen-bond acceptors (Lipinski definition) is 3. The average molecular weight is 349 g/mol. The molecule has 1 rings (SSSR count). The number of rotatable bonds is 7. The molecule has 3 N–H and O–H groups in total. The number of carboxylic acid groups (broad SMARTS) is 1. The first-order valence-corrected chi connectivity index (χ1v) is 7.82. The van der Waals surface area contributed by atoms with Crippen LogP contribution < -0.4 is 10.6 Å². The molecule has 2 amide bonds. The molecule has 1 aromatic rings. The predicted molar refractivity (Wildman–Crippen MR) is 88.0 cm³/mol. The van der Waals surface area contributed by atoms with E-state index < -0.39 is 12.0 Å². The van der Waals surface area contributed by atoms with Crippen LogP contribution in [0.15, 0.2) is 24.8 Å². The maximum atomic E-state index is 11.7. The van der Waals surface area contributed by atoms with Gasteiger partial charge < -0.3 is 15.7 Å². The molecule has 0 aliphatic rings. The number of amides is 2. The van der Waals surface area contributed by atoms with Crippen LogP contribution in [-0.4, -0.2) is 35.2 Å². The number of thioether (sulfide) groups is 1. The fraction of sp³-hybridized carbons (Fsp3) is 0.231. The lowest BCUT2D eigenvalue weighted by molar-refractivity contribution is 0.0698. The minimum Gasteiger partial charge on any atom is -0.478 e. The number of aromatic carboxylic acids is 1. The zero-order chi connectivity index (χ0) is 15.8. The van der Waals surface area contributed by atoms with Gasteiger partial charge in [-0.1, -0.05) is 29.3 Å². The molecule has 0 atom stereocenters. The van der Waals surface area contributed by atoms with E-state index in [2.05, 4.69) is 17.2 Å². The Bertz CT molecular complexity index is 552. The van der Waals surface area contributed by atoms with Crippen molar-refractivity contribution in [1.29, 1.82) is 0 Å². The summed E-state index contributed by atoms with van der Waals surface area (Å²) in [6.07, 6.45) is 1.78. The van der Waals surface area contributed by atoms with Gasteiger partial charge in [0.1, 0.15) is 0 Å². The van der Waals surface area contributed by atoms with Gasteiger partial charge in [-0.15, -0.1) is 6.58 Å². The molecule has 114 valence electrons. The third kappa shape index (κ3) is 5.87. The Labute approximate surface area is 136 Å². The molecule has 0 aromatic heterocycles. The van der Waals surface area contributed by atoms with Crippen LogP contribution in [0, 0.1) is 0 Å². The number of nitrogens with one attached hydrogen (secondary N) is 2. The third-order valence-electron chi connectivity index (χ3n) is 2.29. The fourth-order valence-electron chi connectivity index (χ4n) is 1.43. The van der Waals surface area contributed by atoms with Gasteiger partial charge >= 0.3 is 12.0 Å². The molecule has 0 radical (unpaired) electrons. The van der Waals surface area contributed by atoms with Crippen molar-refractivity contribution in [3.63, 3.8) is 0 Å². The minimum atomic E-state index is -1.23. The van der Waals surface area contributed by atoms with Crippen molar-refractivity contribution in [2.24, 2.45) is 0 Å². The first kappa shape index (κ1) is 17.7. The second-order valence-corrected chi connectivity index (χ2v) is 5.85. The van der Waals surface area contributed by atoms with Gasteiger partial charge in [-0.25, -0.2) is 9.59 Å². The number of anilines is 1. The SMILES string of the molecule is C=CCSCCNC(=O)Nc1c(Cl)cc(Cl)cc1C(=O)O. The van der Waals surface area contributed by atoms with Crippen molar-refractivity contribution < 1.29 is 14.7 Å². The molecule has 0 saturated carbocycles. The predicted octanol–water partition coefficient (Wildman–Crippen LogP) is 3.73. The van der Waals surface area contributed by atoms with Gasteiger partial charge in [-0.3, -0.25) is 0 Å². The van der Waals surface area contributed by atoms with Gasteiger partial charge in [0.25, 0.3) is 0 Å². The zero-order valence-electron chi connectivity index (χ0n) is 11.0. The molecule has 0 aliphatic heterocycles. The molecule has 0 fully saturated rings. The highest BCUT2D eigenvalue weighted by Gasteiger charge is 2.17. The Morgan fingerprint density at radius 2 is 2.10 bits per heavy atom. The zero-order valence-corrected chi connectivity index (χ0v) is 13.3. The molecule has 0 heterocycles. The Morgan fingerprint density at radius 3 is 2.71 bits per heavy atom. The van der Waals surface area contributed by atoms with Crippen LogP contribution in [-0.2, 0) is 0 Å². The van der Waals surface area contributed by atoms with E-state index in [1.165, 1.54) is 12.1 Å². The maximum absolute atomic E-state index is 11.7. The number of benzene rings is 1. The second-order valence-electron chi connectivity index (χ2n) is 3.86. The summed E-state index contributed by atoms with van der Waals surface area (Å²) >= 11 is 13.3. The number of urea groups is 1. The fourth-order valence-corrected chi connectivity index (χ4v) is 2.55. The number of halogens is 2. The van der Waals surface area contributed by atoms with Crippen LogP contribution in [0.1, 0.15) is 10.4 Å². The monoisotopic (exact) mass is 348 g/mol. The number of carbonyl (C=O) groups excluding carboxylic acids is 1. The largest absolute Gasteiger partial charge is 0.478 e. The summed E-state index contributed by atoms with van der Waals surface area (Å²) in [5.74, 6) is 0.297. The minimum absolute atomic E-state index is 0.0183. The van der Waals surface area contributed by atoms with E-state index in [9.17, 15) is 9.59 Å². The van der Waals surface area contributed by atoms with Gasteiger partial charge in [0.15, 0.2) is 0 Å². The quantitative estimate of drug-likeness (QED) is 0.518. The van der Waals surface area contributed by atoms with E-state index in [0.717, 1.165) is 11.5 Å². The molecule has 0 aliphatic carbocycles. The summed E-state index contributed by atoms with van der Waals surface area (Å²) in [4.78, 5) is 22.9. The van der Waals surface area contributed by atoms with Crippen LogP contribution in [0.2, 0.25) is 10.0 Å². The lowest BCUT2D eigenvalue weighted by atomic mass is 10.2. The van der Waals surface area contributed by atoms with E-state index in [4.69, 9.17) is 28.3 Å². The van der Waals surface area contributed by atoms with Crippen LogP contribution in [0.4, 0.5) is 10.5 Å². The van der Waals surface area contributed by atoms with E-state index in [-0.39, 0.29) is 21.3 Å². The molecular formula is C13H14Cl2N2O3S. The van der Waals surface area contributed by atoms with E-state index in [1.54, 1.807) is 17.8 Å². The molecule has 0 bridgehead atoms. The summed E-state index contributed by atoms with van der Waals surface area (Å²) in [5, 5.41) is 14.4. The normalized spacial score (nSPS) is 10.0. The topological polar surface area (TPSA) is 78.4 Å². The number of carbonyl (C=O) groups is 2. The van der Waals surface area contributed by atoms with Crippen molar-refractivity contribution >= 4 is 52.7 Å². The van der Waals surface area contributed by atoms with Gasteiger partial charge in [-0.2, -0.15) is 11.8 Å². The average Bonchev–Trinajstić information content (AvgIpc) is 2.41. The number of hydrogen-bond donors (Lipinski definition) is 3. The lowest BCUT2D eigenvalue weighted by Gasteiger charge is -2.12. The van der Waals surface area contributed by atoms with Gasteiger partial charge in [0.2, 0.25) is 0 Å². The highest BCUT2D eigenvalue weighted by atomic mass is 35.5. The van der Waals surface area contributed by atoms with Crippen LogP contribution in [0.3, 0.4) is 0 Å². The maximum Gasteiger partial charge on any atom is 0.337 e. The molecule has 1 aromatic carbocycles. The third-order valence-corrected chi connectivity index (χ3v) is 3.77. The Morgan fingerprint density at radius 1 is 1.38 bits per heavy atom. The smallest absolute Gasteiger partial charge is 0.337 e. The molecule has 21 heavy (non-hydrogen) atoms. The Hall–Kier alpha value is -1.37. The second kappa shape index (κ2) is 8.81. The van der Waals surface area contributed by atoms with Gasteiger partial charge in [-0.05, 0) is 12.1 Å². The van der Waals surface area contributed by atoms with Crippen molar-refractivity contribution in [3.8, 4) is 0 Å². The molecule has 0 saturated heterocycles. The van der Waals surface area contributed by atoms with Crippen LogP contribution in [0.25, 0.3) is 0 Å². The van der Waals surface area contributed by atoms with Crippen molar-refractivity contribution in [3.05, 3.63) is 40.4 Å². The molecular weight excluding hydrogens is 335 g/mol. The van der Waals surface area contributed by atoms with Crippen molar-refractivity contribution in [1.82, 2.24) is 5.32 Å². The van der Waals surface area contributed by atoms with E-state index in [1.807, 2.05) is 0 Å². The summed E-state index contributed by atoms with van der Waals surface area (Å²) < 4.78 is 0. The standard InChI is InChI=1S/C13H14Cl2N2O3S/c1-2-4-21-5-3-16-13(20)17-11-9(12(18)19)6-8(14)7-10(11)15/h2,6-7H,1,3-5H2,(H,18,19)(H2,16,17,20). The highest BCUT2D eigenvalue weighted by molar-refractivity contribution is 7.99. The number of carboxylic acids is 1. The highest BCUT2D eigenvalue weighted by Crippen LogP contribution is 2.30. The Balaban J connectivity index is 2.67. The van der Waals surface area contributed by atoms with Crippen LogP contribution in [0.5, 0.6) is 0 Å². The van der Waals surface area contributed by atoms with Gasteiger partial charge in [0.05, 0.1) is 16.3 Å². The summed E-state index contributed by atoms with van der Waals surface area (Å²) in [6, 6.07) is 2.07. The molecule has 0 unspecified atom stereocenters. The first-order valence-electron chi connectivity index (χ1n) is 5.91. The molecule has 0 spiro atoms. The van der Waals surface area contributed by atoms with Crippen molar-refractivity contribution in [2.45, 2.75) is 0 Å². The molecule has 5 nitrogen and oxygen atoms in total. The lowest BCUT2D eigenvalue weighted by Crippen LogP contribution is -2.31. The summed E-state index contributed by atoms with van der Waals surface area (Å²) in [7, 11) is 0. The Kier molecular flexibility index (Phi) is 7.42. The molecule has 8 heteroatoms. The van der Waals surface area contributed by atoms with E-state index >= 15 is 0 Å².